The first kappa shape index (κ1) is 13.8. The minimum absolute atomic E-state index is 0. The van der Waals surface area contributed by atoms with Crippen LogP contribution in [0.25, 0.3) is 0 Å². The highest BCUT2D eigenvalue weighted by atomic mass is 35.5. The Labute approximate surface area is 113 Å². The summed E-state index contributed by atoms with van der Waals surface area (Å²) in [6.07, 6.45) is 5.34. The predicted molar refractivity (Wildman–Crippen MR) is 68.8 cm³/mol. The average Bonchev–Trinajstić information content (AvgIpc) is 3.06. The van der Waals surface area contributed by atoms with E-state index in [1.165, 1.54) is 12.8 Å². The average molecular weight is 274 g/mol. The molecule has 1 aliphatic carbocycles. The van der Waals surface area contributed by atoms with Crippen molar-refractivity contribution in [3.8, 4) is 0 Å². The lowest BCUT2D eigenvalue weighted by atomic mass is 9.80. The molecule has 0 unspecified atom stereocenters. The van der Waals surface area contributed by atoms with Gasteiger partial charge in [-0.3, -0.25) is 0 Å². The lowest BCUT2D eigenvalue weighted by Crippen LogP contribution is -2.40. The van der Waals surface area contributed by atoms with Crippen LogP contribution in [0.5, 0.6) is 0 Å². The molecule has 0 aromatic carbocycles. The van der Waals surface area contributed by atoms with E-state index in [9.17, 15) is 0 Å². The highest BCUT2D eigenvalue weighted by Crippen LogP contribution is 2.35. The van der Waals surface area contributed by atoms with Gasteiger partial charge in [-0.25, -0.2) is 0 Å². The molecule has 2 fully saturated rings. The molecule has 2 aliphatic rings. The summed E-state index contributed by atoms with van der Waals surface area (Å²) in [7, 11) is 0. The number of ether oxygens (including phenoxy) is 1. The van der Waals surface area contributed by atoms with Crippen LogP contribution in [0.1, 0.15) is 37.4 Å². The highest BCUT2D eigenvalue weighted by molar-refractivity contribution is 5.85. The molecule has 1 aliphatic heterocycles. The van der Waals surface area contributed by atoms with Crippen molar-refractivity contribution in [3.05, 3.63) is 11.7 Å². The van der Waals surface area contributed by atoms with Crippen LogP contribution in [0.4, 0.5) is 0 Å². The first-order valence-corrected chi connectivity index (χ1v) is 6.43. The maximum Gasteiger partial charge on any atom is 0.234 e. The van der Waals surface area contributed by atoms with Gasteiger partial charge in [0.2, 0.25) is 5.89 Å². The van der Waals surface area contributed by atoms with Crippen LogP contribution in [0.15, 0.2) is 4.52 Å². The maximum absolute atomic E-state index is 5.91. The van der Waals surface area contributed by atoms with Crippen molar-refractivity contribution >= 4 is 12.4 Å². The van der Waals surface area contributed by atoms with Crippen LogP contribution in [0.2, 0.25) is 0 Å². The number of aromatic nitrogens is 2. The smallest absolute Gasteiger partial charge is 0.234 e. The van der Waals surface area contributed by atoms with Gasteiger partial charge in [-0.2, -0.15) is 4.98 Å². The van der Waals surface area contributed by atoms with Crippen LogP contribution >= 0.6 is 12.4 Å². The zero-order valence-electron chi connectivity index (χ0n) is 10.4. The van der Waals surface area contributed by atoms with E-state index in [-0.39, 0.29) is 17.8 Å². The van der Waals surface area contributed by atoms with E-state index in [1.807, 2.05) is 0 Å². The van der Waals surface area contributed by atoms with E-state index in [0.29, 0.717) is 6.54 Å². The summed E-state index contributed by atoms with van der Waals surface area (Å²) < 4.78 is 10.8. The fraction of sp³-hybridized carbons (Fsp3) is 0.833. The van der Waals surface area contributed by atoms with Gasteiger partial charge in [0, 0.05) is 26.2 Å². The van der Waals surface area contributed by atoms with Crippen molar-refractivity contribution in [1.82, 2.24) is 10.1 Å². The Balaban J connectivity index is 0.00000120. The van der Waals surface area contributed by atoms with E-state index < -0.39 is 0 Å². The molecule has 0 bridgehead atoms. The van der Waals surface area contributed by atoms with Crippen molar-refractivity contribution < 1.29 is 9.26 Å². The quantitative estimate of drug-likeness (QED) is 0.899. The molecule has 0 atom stereocenters. The Hall–Kier alpha value is -0.650. The monoisotopic (exact) mass is 273 g/mol. The molecule has 1 saturated heterocycles. The lowest BCUT2D eigenvalue weighted by molar-refractivity contribution is 0.0409. The first-order chi connectivity index (χ1) is 8.32. The molecule has 0 spiro atoms. The molecular formula is C12H20ClN3O2. The van der Waals surface area contributed by atoms with Crippen molar-refractivity contribution in [2.75, 3.05) is 19.8 Å². The van der Waals surface area contributed by atoms with Gasteiger partial charge in [-0.15, -0.1) is 12.4 Å². The summed E-state index contributed by atoms with van der Waals surface area (Å²) in [4.78, 5) is 4.54. The second-order valence-corrected chi connectivity index (χ2v) is 5.26. The molecular weight excluding hydrogens is 254 g/mol. The Bertz CT molecular complexity index is 386. The summed E-state index contributed by atoms with van der Waals surface area (Å²) in [6, 6.07) is 0. The number of nitrogens with zero attached hydrogens (tertiary/aromatic N) is 2. The van der Waals surface area contributed by atoms with E-state index in [2.05, 4.69) is 10.1 Å². The standard InChI is InChI=1S/C12H19N3O2.ClH/c13-8-12(3-5-16-6-4-12)11-14-10(15-17-11)7-9-1-2-9;/h9H,1-8,13H2;1H. The minimum Gasteiger partial charge on any atom is -0.381 e. The third-order valence-corrected chi connectivity index (χ3v) is 3.93. The zero-order valence-corrected chi connectivity index (χ0v) is 11.2. The molecule has 1 saturated carbocycles. The number of nitrogens with two attached hydrogens (primary N) is 1. The van der Waals surface area contributed by atoms with Crippen LogP contribution in [-0.2, 0) is 16.6 Å². The minimum atomic E-state index is -0.146. The molecule has 0 amide bonds. The summed E-state index contributed by atoms with van der Waals surface area (Å²) in [5.74, 6) is 2.35. The van der Waals surface area contributed by atoms with Gasteiger partial charge < -0.3 is 15.0 Å². The van der Waals surface area contributed by atoms with E-state index in [1.54, 1.807) is 0 Å². The summed E-state index contributed by atoms with van der Waals surface area (Å²) in [6.45, 7) is 2.02. The van der Waals surface area contributed by atoms with Crippen LogP contribution in [-0.4, -0.2) is 29.9 Å². The molecule has 2 N–H and O–H groups in total. The van der Waals surface area contributed by atoms with Crippen molar-refractivity contribution in [2.45, 2.75) is 37.5 Å². The number of halogens is 1. The van der Waals surface area contributed by atoms with Crippen LogP contribution in [0, 0.1) is 5.92 Å². The number of rotatable bonds is 4. The Kier molecular flexibility index (Phi) is 4.25. The Morgan fingerprint density at radius 2 is 2.00 bits per heavy atom. The van der Waals surface area contributed by atoms with Crippen molar-refractivity contribution in [2.24, 2.45) is 11.7 Å². The van der Waals surface area contributed by atoms with Crippen LogP contribution in [0.3, 0.4) is 0 Å². The van der Waals surface area contributed by atoms with Gasteiger partial charge in [0.1, 0.15) is 0 Å². The number of hydrogen-bond acceptors (Lipinski definition) is 5. The molecule has 102 valence electrons. The molecule has 6 heteroatoms. The molecule has 1 aromatic heterocycles. The maximum atomic E-state index is 5.91. The van der Waals surface area contributed by atoms with Gasteiger partial charge in [-0.05, 0) is 31.6 Å². The van der Waals surface area contributed by atoms with E-state index in [4.69, 9.17) is 15.0 Å². The SMILES string of the molecule is Cl.NCC1(c2nc(CC3CC3)no2)CCOCC1. The van der Waals surface area contributed by atoms with Crippen molar-refractivity contribution in [3.63, 3.8) is 0 Å². The predicted octanol–water partition coefficient (Wildman–Crippen LogP) is 1.45. The van der Waals surface area contributed by atoms with Gasteiger partial charge >= 0.3 is 0 Å². The summed E-state index contributed by atoms with van der Waals surface area (Å²) >= 11 is 0. The highest BCUT2D eigenvalue weighted by Gasteiger charge is 2.39. The largest absolute Gasteiger partial charge is 0.381 e. The zero-order chi connectivity index (χ0) is 11.7. The van der Waals surface area contributed by atoms with Gasteiger partial charge in [0.05, 0.1) is 5.41 Å². The summed E-state index contributed by atoms with van der Waals surface area (Å²) in [5.41, 5.74) is 5.76. The second-order valence-electron chi connectivity index (χ2n) is 5.26. The third-order valence-electron chi connectivity index (χ3n) is 3.93. The Morgan fingerprint density at radius 1 is 1.28 bits per heavy atom. The van der Waals surface area contributed by atoms with Crippen LogP contribution < -0.4 is 5.73 Å². The van der Waals surface area contributed by atoms with E-state index in [0.717, 1.165) is 50.1 Å². The molecule has 5 nitrogen and oxygen atoms in total. The summed E-state index contributed by atoms with van der Waals surface area (Å²) in [5, 5.41) is 4.08. The molecule has 0 radical (unpaired) electrons. The fourth-order valence-electron chi connectivity index (χ4n) is 2.40. The molecule has 3 rings (SSSR count). The topological polar surface area (TPSA) is 74.2 Å². The van der Waals surface area contributed by atoms with E-state index >= 15 is 0 Å². The molecule has 18 heavy (non-hydrogen) atoms. The van der Waals surface area contributed by atoms with Gasteiger partial charge in [-0.1, -0.05) is 5.16 Å². The van der Waals surface area contributed by atoms with Gasteiger partial charge in [0.15, 0.2) is 5.82 Å². The normalized spacial score (nSPS) is 22.5. The number of hydrogen-bond donors (Lipinski definition) is 1. The lowest BCUT2D eigenvalue weighted by Gasteiger charge is -2.32. The fourth-order valence-corrected chi connectivity index (χ4v) is 2.40. The second kappa shape index (κ2) is 5.55. The van der Waals surface area contributed by atoms with Gasteiger partial charge in [0.25, 0.3) is 0 Å². The van der Waals surface area contributed by atoms with Crippen molar-refractivity contribution in [1.29, 1.82) is 0 Å². The third kappa shape index (κ3) is 2.68. The molecule has 2 heterocycles. The first-order valence-electron chi connectivity index (χ1n) is 6.43. The Morgan fingerprint density at radius 3 is 2.61 bits per heavy atom. The molecule has 1 aromatic rings.